The average Bonchev–Trinajstić information content (AvgIpc) is 2.72. The second-order valence-corrected chi connectivity index (χ2v) is 7.16. The summed E-state index contributed by atoms with van der Waals surface area (Å²) < 4.78 is 26.6. The minimum absolute atomic E-state index is 0.192. The number of rotatable bonds is 7. The molecule has 2 aromatic rings. The van der Waals surface area contributed by atoms with E-state index in [-0.39, 0.29) is 24.1 Å². The van der Waals surface area contributed by atoms with Gasteiger partial charge in [0.1, 0.15) is 11.6 Å². The van der Waals surface area contributed by atoms with Crippen LogP contribution in [0.3, 0.4) is 0 Å². The van der Waals surface area contributed by atoms with Crippen molar-refractivity contribution < 1.29 is 18.4 Å². The summed E-state index contributed by atoms with van der Waals surface area (Å²) >= 11 is 0. The molecule has 0 aromatic heterocycles. The molecule has 1 atom stereocenters. The van der Waals surface area contributed by atoms with Gasteiger partial charge in [-0.05, 0) is 36.1 Å². The Labute approximate surface area is 169 Å². The van der Waals surface area contributed by atoms with Gasteiger partial charge in [0.25, 0.3) is 5.91 Å². The molecule has 0 radical (unpaired) electrons. The number of halogens is 2. The Bertz CT molecular complexity index is 888. The third kappa shape index (κ3) is 5.38. The summed E-state index contributed by atoms with van der Waals surface area (Å²) in [4.78, 5) is 26.5. The van der Waals surface area contributed by atoms with E-state index >= 15 is 0 Å². The van der Waals surface area contributed by atoms with Crippen LogP contribution in [-0.4, -0.2) is 42.4 Å². The molecule has 0 bridgehead atoms. The van der Waals surface area contributed by atoms with E-state index in [2.05, 4.69) is 40.7 Å². The Morgan fingerprint density at radius 3 is 2.59 bits per heavy atom. The monoisotopic (exact) mass is 401 g/mol. The summed E-state index contributed by atoms with van der Waals surface area (Å²) in [5.74, 6) is -2.82. The highest BCUT2D eigenvalue weighted by Crippen LogP contribution is 2.21. The highest BCUT2D eigenvalue weighted by Gasteiger charge is 2.22. The van der Waals surface area contributed by atoms with Crippen LogP contribution in [0.2, 0.25) is 0 Å². The number of carbonyl (C=O) groups excluding carboxylic acids is 2. The van der Waals surface area contributed by atoms with Gasteiger partial charge in [-0.1, -0.05) is 31.2 Å². The van der Waals surface area contributed by atoms with Crippen LogP contribution in [0.5, 0.6) is 0 Å². The van der Waals surface area contributed by atoms with Gasteiger partial charge in [-0.25, -0.2) is 8.78 Å². The van der Waals surface area contributed by atoms with Crippen molar-refractivity contribution >= 4 is 11.8 Å². The lowest BCUT2D eigenvalue weighted by Gasteiger charge is -2.35. The number of nitrogens with one attached hydrogen (secondary N) is 2. The Morgan fingerprint density at radius 1 is 1.10 bits per heavy atom. The molecule has 1 unspecified atom stereocenters. The lowest BCUT2D eigenvalue weighted by molar-refractivity contribution is -0.120. The van der Waals surface area contributed by atoms with Gasteiger partial charge < -0.3 is 10.6 Å². The molecule has 3 rings (SSSR count). The van der Waals surface area contributed by atoms with Crippen molar-refractivity contribution in [2.75, 3.05) is 19.6 Å². The fourth-order valence-corrected chi connectivity index (χ4v) is 3.58. The molecular weight excluding hydrogens is 376 g/mol. The maximum absolute atomic E-state index is 13.6. The van der Waals surface area contributed by atoms with Crippen molar-refractivity contribution in [1.29, 1.82) is 0 Å². The summed E-state index contributed by atoms with van der Waals surface area (Å²) in [6.45, 7) is 4.07. The third-order valence-electron chi connectivity index (χ3n) is 5.27. The fourth-order valence-electron chi connectivity index (χ4n) is 3.58. The van der Waals surface area contributed by atoms with Crippen molar-refractivity contribution in [2.24, 2.45) is 0 Å². The molecule has 1 aliphatic heterocycles. The smallest absolute Gasteiger partial charge is 0.254 e. The van der Waals surface area contributed by atoms with E-state index in [4.69, 9.17) is 0 Å². The maximum Gasteiger partial charge on any atom is 0.254 e. The number of nitrogens with zero attached hydrogens (tertiary/aromatic N) is 1. The largest absolute Gasteiger partial charge is 0.353 e. The Hall–Kier alpha value is -2.80. The Morgan fingerprint density at radius 2 is 1.86 bits per heavy atom. The number of amides is 2. The lowest BCUT2D eigenvalue weighted by Crippen LogP contribution is -2.47. The van der Waals surface area contributed by atoms with Crippen molar-refractivity contribution in [3.05, 3.63) is 70.8 Å². The topological polar surface area (TPSA) is 61.4 Å². The number of hydrogen-bond acceptors (Lipinski definition) is 3. The molecule has 29 heavy (non-hydrogen) atoms. The molecular formula is C22H25F2N3O2. The fraction of sp³-hybridized carbons (Fsp3) is 0.364. The van der Waals surface area contributed by atoms with Crippen molar-refractivity contribution in [1.82, 2.24) is 15.5 Å². The standard InChI is InChI=1S/C22H25F2N3O2/c1-2-18(27-10-9-15-5-3-4-6-16(15)14-27)12-25-21(28)13-26-22(29)19-8-7-17(23)11-20(19)24/h3-8,11,18H,2,9-10,12-14H2,1H3,(H,25,28)(H,26,29). The van der Waals surface area contributed by atoms with E-state index < -0.39 is 17.5 Å². The van der Waals surface area contributed by atoms with Crippen LogP contribution < -0.4 is 10.6 Å². The highest BCUT2D eigenvalue weighted by atomic mass is 19.1. The van der Waals surface area contributed by atoms with Crippen molar-refractivity contribution in [3.63, 3.8) is 0 Å². The first-order chi connectivity index (χ1) is 14.0. The van der Waals surface area contributed by atoms with Crippen LogP contribution in [0, 0.1) is 11.6 Å². The van der Waals surface area contributed by atoms with E-state index in [1.807, 2.05) is 6.07 Å². The Kier molecular flexibility index (Phi) is 6.93. The van der Waals surface area contributed by atoms with Crippen molar-refractivity contribution in [3.8, 4) is 0 Å². The first-order valence-corrected chi connectivity index (χ1v) is 9.78. The van der Waals surface area contributed by atoms with Crippen LogP contribution in [-0.2, 0) is 17.8 Å². The molecule has 0 fully saturated rings. The molecule has 0 spiro atoms. The summed E-state index contributed by atoms with van der Waals surface area (Å²) in [7, 11) is 0. The number of fused-ring (bicyclic) bond motifs is 1. The normalized spacial score (nSPS) is 14.7. The van der Waals surface area contributed by atoms with Gasteiger partial charge >= 0.3 is 0 Å². The molecule has 2 N–H and O–H groups in total. The molecule has 0 saturated heterocycles. The van der Waals surface area contributed by atoms with E-state index in [1.165, 1.54) is 11.1 Å². The second-order valence-electron chi connectivity index (χ2n) is 7.16. The number of hydrogen-bond donors (Lipinski definition) is 2. The molecule has 154 valence electrons. The predicted octanol–water partition coefficient (Wildman–Crippen LogP) is 2.65. The Balaban J connectivity index is 1.47. The van der Waals surface area contributed by atoms with E-state index in [9.17, 15) is 18.4 Å². The van der Waals surface area contributed by atoms with Crippen LogP contribution in [0.4, 0.5) is 8.78 Å². The first kappa shape index (κ1) is 20.9. The summed E-state index contributed by atoms with van der Waals surface area (Å²) in [5, 5.41) is 5.20. The number of benzene rings is 2. The second kappa shape index (κ2) is 9.60. The maximum atomic E-state index is 13.6. The third-order valence-corrected chi connectivity index (χ3v) is 5.27. The van der Waals surface area contributed by atoms with Gasteiger partial charge in [0.15, 0.2) is 0 Å². The van der Waals surface area contributed by atoms with Gasteiger partial charge in [-0.2, -0.15) is 0 Å². The molecule has 7 heteroatoms. The van der Waals surface area contributed by atoms with Gasteiger partial charge in [0.05, 0.1) is 12.1 Å². The van der Waals surface area contributed by atoms with Crippen LogP contribution in [0.1, 0.15) is 34.8 Å². The molecule has 1 heterocycles. The number of carbonyl (C=O) groups is 2. The van der Waals surface area contributed by atoms with Gasteiger partial charge in [-0.3, -0.25) is 14.5 Å². The molecule has 1 aliphatic rings. The van der Waals surface area contributed by atoms with Gasteiger partial charge in [-0.15, -0.1) is 0 Å². The average molecular weight is 401 g/mol. The van der Waals surface area contributed by atoms with Gasteiger partial charge in [0.2, 0.25) is 5.91 Å². The van der Waals surface area contributed by atoms with Crippen LogP contribution >= 0.6 is 0 Å². The van der Waals surface area contributed by atoms with E-state index in [1.54, 1.807) is 0 Å². The first-order valence-electron chi connectivity index (χ1n) is 9.78. The predicted molar refractivity (Wildman–Crippen MR) is 106 cm³/mol. The summed E-state index contributed by atoms with van der Waals surface area (Å²) in [6.07, 6.45) is 1.87. The zero-order valence-electron chi connectivity index (χ0n) is 16.4. The molecule has 2 aromatic carbocycles. The van der Waals surface area contributed by atoms with Crippen LogP contribution in [0.25, 0.3) is 0 Å². The quantitative estimate of drug-likeness (QED) is 0.750. The minimum atomic E-state index is -0.959. The minimum Gasteiger partial charge on any atom is -0.353 e. The summed E-state index contributed by atoms with van der Waals surface area (Å²) in [5.41, 5.74) is 2.40. The van der Waals surface area contributed by atoms with E-state index in [0.29, 0.717) is 12.6 Å². The highest BCUT2D eigenvalue weighted by molar-refractivity contribution is 5.96. The molecule has 0 saturated carbocycles. The zero-order valence-corrected chi connectivity index (χ0v) is 16.4. The van der Waals surface area contributed by atoms with Crippen molar-refractivity contribution in [2.45, 2.75) is 32.4 Å². The van der Waals surface area contributed by atoms with Gasteiger partial charge in [0, 0.05) is 31.7 Å². The van der Waals surface area contributed by atoms with Crippen LogP contribution in [0.15, 0.2) is 42.5 Å². The molecule has 0 aliphatic carbocycles. The lowest BCUT2D eigenvalue weighted by atomic mass is 9.98. The van der Waals surface area contributed by atoms with E-state index in [0.717, 1.165) is 38.1 Å². The molecule has 2 amide bonds. The zero-order chi connectivity index (χ0) is 20.8. The SMILES string of the molecule is CCC(CNC(=O)CNC(=O)c1ccc(F)cc1F)N1CCc2ccccc2C1. The summed E-state index contributed by atoms with van der Waals surface area (Å²) in [6, 6.07) is 11.3. The molecule has 5 nitrogen and oxygen atoms in total.